The molecule has 5 heteroatoms. The van der Waals surface area contributed by atoms with E-state index in [9.17, 15) is 4.79 Å². The predicted molar refractivity (Wildman–Crippen MR) is 43.5 cm³/mol. The van der Waals surface area contributed by atoms with Crippen LogP contribution in [0.3, 0.4) is 0 Å². The first kappa shape index (κ1) is 8.58. The lowest BCUT2D eigenvalue weighted by molar-refractivity contribution is 0.248. The van der Waals surface area contributed by atoms with E-state index in [4.69, 9.17) is 5.73 Å². The molecule has 3 N–H and O–H groups in total. The summed E-state index contributed by atoms with van der Waals surface area (Å²) in [4.78, 5) is 17.0. The number of primary amides is 1. The molecule has 1 aromatic heterocycles. The molecule has 0 unspecified atom stereocenters. The molecule has 0 spiro atoms. The molecule has 0 aliphatic rings. The van der Waals surface area contributed by atoms with E-state index in [0.717, 1.165) is 18.5 Å². The summed E-state index contributed by atoms with van der Waals surface area (Å²) in [7, 11) is 0. The van der Waals surface area contributed by atoms with Gasteiger partial charge in [0.1, 0.15) is 0 Å². The molecule has 1 aromatic rings. The van der Waals surface area contributed by atoms with Crippen LogP contribution < -0.4 is 11.1 Å². The number of nitrogens with zero attached hydrogens (tertiary/aromatic N) is 2. The van der Waals surface area contributed by atoms with Crippen LogP contribution in [0, 0.1) is 0 Å². The summed E-state index contributed by atoms with van der Waals surface area (Å²) in [5.41, 5.74) is 5.88. The van der Waals surface area contributed by atoms with Crippen LogP contribution >= 0.6 is 0 Å². The molecule has 1 rings (SSSR count). The molecule has 0 aromatic carbocycles. The minimum atomic E-state index is -0.598. The highest BCUT2D eigenvalue weighted by molar-refractivity contribution is 5.71. The Balaban J connectivity index is 2.07. The standard InChI is InChI=1S/C7H11N4O/c8-7(12)10-3-1-2-6-4-9-5-11-6/h4-5H,1-3H2,(H2,8,12)(H,9,11). The van der Waals surface area contributed by atoms with Gasteiger partial charge in [0.2, 0.25) is 0 Å². The Morgan fingerprint density at radius 3 is 3.17 bits per heavy atom. The Morgan fingerprint density at radius 1 is 1.75 bits per heavy atom. The number of hydrogen-bond acceptors (Lipinski definition) is 2. The summed E-state index contributed by atoms with van der Waals surface area (Å²) in [5, 5.41) is 3.53. The van der Waals surface area contributed by atoms with E-state index in [-0.39, 0.29) is 0 Å². The van der Waals surface area contributed by atoms with Crippen molar-refractivity contribution in [3.63, 3.8) is 0 Å². The molecule has 65 valence electrons. The minimum Gasteiger partial charge on any atom is -0.350 e. The fraction of sp³-hybridized carbons (Fsp3) is 0.429. The van der Waals surface area contributed by atoms with Gasteiger partial charge in [0.15, 0.2) is 0 Å². The number of H-pyrrole nitrogens is 1. The molecule has 1 radical (unpaired) electrons. The third kappa shape index (κ3) is 3.05. The van der Waals surface area contributed by atoms with Gasteiger partial charge in [-0.15, -0.1) is 0 Å². The largest absolute Gasteiger partial charge is 0.350 e. The lowest BCUT2D eigenvalue weighted by atomic mass is 10.2. The monoisotopic (exact) mass is 167 g/mol. The highest BCUT2D eigenvalue weighted by Crippen LogP contribution is 1.95. The number of nitrogens with one attached hydrogen (secondary N) is 1. The third-order valence-corrected chi connectivity index (χ3v) is 1.43. The van der Waals surface area contributed by atoms with Gasteiger partial charge in [-0.2, -0.15) is 0 Å². The van der Waals surface area contributed by atoms with Crippen LogP contribution in [0.5, 0.6) is 0 Å². The number of aryl methyl sites for hydroxylation is 1. The van der Waals surface area contributed by atoms with Gasteiger partial charge >= 0.3 is 6.03 Å². The van der Waals surface area contributed by atoms with Gasteiger partial charge in [0.05, 0.1) is 6.33 Å². The molecule has 0 bridgehead atoms. The van der Waals surface area contributed by atoms with Gasteiger partial charge < -0.3 is 10.7 Å². The van der Waals surface area contributed by atoms with E-state index in [1.54, 1.807) is 12.5 Å². The van der Waals surface area contributed by atoms with Crippen molar-refractivity contribution < 1.29 is 4.79 Å². The molecule has 0 fully saturated rings. The van der Waals surface area contributed by atoms with Crippen molar-refractivity contribution in [2.45, 2.75) is 12.8 Å². The number of carbonyl (C=O) groups is 1. The number of rotatable bonds is 4. The van der Waals surface area contributed by atoms with Crippen molar-refractivity contribution >= 4 is 6.03 Å². The number of imidazole rings is 1. The van der Waals surface area contributed by atoms with E-state index in [1.165, 1.54) is 0 Å². The zero-order valence-corrected chi connectivity index (χ0v) is 6.66. The molecule has 12 heavy (non-hydrogen) atoms. The maximum Gasteiger partial charge on any atom is 0.333 e. The molecule has 0 aliphatic carbocycles. The molecule has 0 atom stereocenters. The van der Waals surface area contributed by atoms with Gasteiger partial charge in [-0.3, -0.25) is 0 Å². The van der Waals surface area contributed by atoms with Gasteiger partial charge in [-0.1, -0.05) is 0 Å². The first-order valence-electron chi connectivity index (χ1n) is 3.73. The van der Waals surface area contributed by atoms with Crippen LogP contribution in [-0.2, 0) is 6.42 Å². The second-order valence-electron chi connectivity index (χ2n) is 2.40. The summed E-state index contributed by atoms with van der Waals surface area (Å²) < 4.78 is 0. The first-order chi connectivity index (χ1) is 5.79. The summed E-state index contributed by atoms with van der Waals surface area (Å²) in [6.45, 7) is 0.481. The number of carbonyl (C=O) groups excluding carboxylic acids is 1. The summed E-state index contributed by atoms with van der Waals surface area (Å²) in [6.07, 6.45) is 5.03. The van der Waals surface area contributed by atoms with E-state index >= 15 is 0 Å². The van der Waals surface area contributed by atoms with E-state index in [1.807, 2.05) is 0 Å². The maximum absolute atomic E-state index is 10.2. The lowest BCUT2D eigenvalue weighted by Gasteiger charge is -1.96. The number of aromatic amines is 1. The Labute approximate surface area is 70.4 Å². The molecule has 0 saturated carbocycles. The molecular formula is C7H11N4O. The Bertz CT molecular complexity index is 232. The zero-order chi connectivity index (χ0) is 8.81. The molecule has 2 amide bonds. The third-order valence-electron chi connectivity index (χ3n) is 1.43. The van der Waals surface area contributed by atoms with Gasteiger partial charge in [0, 0.05) is 18.4 Å². The van der Waals surface area contributed by atoms with E-state index in [2.05, 4.69) is 15.3 Å². The second-order valence-corrected chi connectivity index (χ2v) is 2.40. The Hall–Kier alpha value is -1.52. The number of aromatic nitrogens is 2. The van der Waals surface area contributed by atoms with Crippen molar-refractivity contribution in [2.24, 2.45) is 5.73 Å². The average Bonchev–Trinajstić information content (AvgIpc) is 2.49. The van der Waals surface area contributed by atoms with Crippen molar-refractivity contribution in [3.05, 3.63) is 18.2 Å². The number of hydrogen-bond donors (Lipinski definition) is 2. The molecule has 5 nitrogen and oxygen atoms in total. The van der Waals surface area contributed by atoms with Crippen molar-refractivity contribution in [2.75, 3.05) is 6.54 Å². The highest BCUT2D eigenvalue weighted by atomic mass is 16.2. The van der Waals surface area contributed by atoms with Crippen LogP contribution in [0.25, 0.3) is 0 Å². The van der Waals surface area contributed by atoms with Crippen LogP contribution in [-0.4, -0.2) is 22.5 Å². The smallest absolute Gasteiger partial charge is 0.333 e. The number of nitrogens with two attached hydrogens (primary N) is 1. The second kappa shape index (κ2) is 4.38. The number of amides is 2. The van der Waals surface area contributed by atoms with Gasteiger partial charge in [-0.05, 0) is 12.8 Å². The molecule has 1 heterocycles. The van der Waals surface area contributed by atoms with Crippen LogP contribution in [0.2, 0.25) is 0 Å². The Morgan fingerprint density at radius 2 is 2.58 bits per heavy atom. The summed E-state index contributed by atoms with van der Waals surface area (Å²) in [5.74, 6) is 0. The minimum absolute atomic E-state index is 0.481. The SMILES string of the molecule is NC(=O)[N]CCCc1cnc[nH]1. The van der Waals surface area contributed by atoms with Crippen molar-refractivity contribution in [1.29, 1.82) is 0 Å². The van der Waals surface area contributed by atoms with Crippen LogP contribution in [0.1, 0.15) is 12.1 Å². The topological polar surface area (TPSA) is 85.9 Å². The normalized spacial score (nSPS) is 9.67. The summed E-state index contributed by atoms with van der Waals surface area (Å²) >= 11 is 0. The van der Waals surface area contributed by atoms with Gasteiger partial charge in [-0.25, -0.2) is 15.1 Å². The predicted octanol–water partition coefficient (Wildman–Crippen LogP) is 0.0254. The molecular weight excluding hydrogens is 156 g/mol. The van der Waals surface area contributed by atoms with Crippen LogP contribution in [0.4, 0.5) is 4.79 Å². The highest BCUT2D eigenvalue weighted by Gasteiger charge is 1.96. The first-order valence-corrected chi connectivity index (χ1v) is 3.73. The number of urea groups is 1. The quantitative estimate of drug-likeness (QED) is 0.619. The Kier molecular flexibility index (Phi) is 3.13. The maximum atomic E-state index is 10.2. The van der Waals surface area contributed by atoms with Gasteiger partial charge in [0.25, 0.3) is 0 Å². The molecule has 0 aliphatic heterocycles. The lowest BCUT2D eigenvalue weighted by Crippen LogP contribution is -2.23. The van der Waals surface area contributed by atoms with Crippen LogP contribution in [0.15, 0.2) is 12.5 Å². The molecule has 0 saturated heterocycles. The fourth-order valence-corrected chi connectivity index (χ4v) is 0.880. The van der Waals surface area contributed by atoms with Crippen molar-refractivity contribution in [1.82, 2.24) is 15.3 Å². The van der Waals surface area contributed by atoms with E-state index in [0.29, 0.717) is 6.54 Å². The van der Waals surface area contributed by atoms with E-state index < -0.39 is 6.03 Å². The average molecular weight is 167 g/mol. The summed E-state index contributed by atoms with van der Waals surface area (Å²) in [6, 6.07) is -0.598. The fourth-order valence-electron chi connectivity index (χ4n) is 0.880. The van der Waals surface area contributed by atoms with Crippen molar-refractivity contribution in [3.8, 4) is 0 Å². The zero-order valence-electron chi connectivity index (χ0n) is 6.66.